The second-order valence-corrected chi connectivity index (χ2v) is 6.30. The molecule has 3 heteroatoms. The Morgan fingerprint density at radius 3 is 1.81 bits per heavy atom. The molecule has 1 aromatic carbocycles. The molecule has 0 N–H and O–H groups in total. The largest absolute Gasteiger partial charge is 0.494 e. The van der Waals surface area contributed by atoms with Crippen molar-refractivity contribution in [2.75, 3.05) is 18.5 Å². The molecule has 0 aliphatic rings. The Labute approximate surface area is 138 Å². The normalized spacial score (nSPS) is 11.4. The third-order valence-electron chi connectivity index (χ3n) is 3.69. The van der Waals surface area contributed by atoms with Gasteiger partial charge in [-0.2, -0.15) is 0 Å². The Balaban J connectivity index is 2.58. The summed E-state index contributed by atoms with van der Waals surface area (Å²) in [5.74, 6) is 1.84. The maximum Gasteiger partial charge on any atom is 0.119 e. The summed E-state index contributed by atoms with van der Waals surface area (Å²) < 4.78 is 11.6. The Morgan fingerprint density at radius 1 is 0.857 bits per heavy atom. The van der Waals surface area contributed by atoms with E-state index in [0.29, 0.717) is 0 Å². The van der Waals surface area contributed by atoms with Gasteiger partial charge in [0.1, 0.15) is 11.5 Å². The zero-order chi connectivity index (χ0) is 15.6. The smallest absolute Gasteiger partial charge is 0.119 e. The van der Waals surface area contributed by atoms with Crippen LogP contribution in [0.1, 0.15) is 52.9 Å². The molecule has 0 bridgehead atoms. The van der Waals surface area contributed by atoms with E-state index in [2.05, 4.69) is 36.7 Å². The van der Waals surface area contributed by atoms with Gasteiger partial charge in [0.2, 0.25) is 0 Å². The van der Waals surface area contributed by atoms with Gasteiger partial charge in [0.15, 0.2) is 0 Å². The molecular weight excluding hydrogens is 328 g/mol. The first-order valence-corrected chi connectivity index (χ1v) is 9.23. The minimum atomic E-state index is 0.251. The van der Waals surface area contributed by atoms with Crippen molar-refractivity contribution in [3.63, 3.8) is 0 Å². The summed E-state index contributed by atoms with van der Waals surface area (Å²) in [6.07, 6.45) is 5.81. The number of rotatable bonds is 11. The predicted octanol–water partition coefficient (Wildman–Crippen LogP) is 5.84. The van der Waals surface area contributed by atoms with Gasteiger partial charge in [-0.15, -0.1) is 0 Å². The van der Waals surface area contributed by atoms with E-state index in [-0.39, 0.29) is 5.41 Å². The number of hydrogen-bond acceptors (Lipinski definition) is 2. The van der Waals surface area contributed by atoms with Gasteiger partial charge in [0.05, 0.1) is 13.2 Å². The minimum absolute atomic E-state index is 0.251. The second kappa shape index (κ2) is 10.1. The van der Waals surface area contributed by atoms with Crippen LogP contribution in [0.3, 0.4) is 0 Å². The van der Waals surface area contributed by atoms with Crippen LogP contribution in [0, 0.1) is 5.41 Å². The molecule has 1 aromatic rings. The Bertz CT molecular complexity index is 369. The monoisotopic (exact) mass is 356 g/mol. The van der Waals surface area contributed by atoms with E-state index in [9.17, 15) is 0 Å². The molecule has 0 unspecified atom stereocenters. The Morgan fingerprint density at radius 2 is 1.38 bits per heavy atom. The lowest BCUT2D eigenvalue weighted by molar-refractivity contribution is 0.144. The van der Waals surface area contributed by atoms with Crippen LogP contribution in [-0.2, 0) is 0 Å². The van der Waals surface area contributed by atoms with Crippen LogP contribution < -0.4 is 9.47 Å². The average molecular weight is 357 g/mol. The fourth-order valence-corrected chi connectivity index (χ4v) is 3.31. The summed E-state index contributed by atoms with van der Waals surface area (Å²) in [6.45, 7) is 8.13. The highest BCUT2D eigenvalue weighted by Crippen LogP contribution is 2.33. The zero-order valence-electron chi connectivity index (χ0n) is 13.7. The first-order chi connectivity index (χ1) is 10.2. The van der Waals surface area contributed by atoms with Gasteiger partial charge in [-0.1, -0.05) is 49.5 Å². The lowest BCUT2D eigenvalue weighted by Gasteiger charge is -2.31. The zero-order valence-corrected chi connectivity index (χ0v) is 15.2. The highest BCUT2D eigenvalue weighted by molar-refractivity contribution is 9.09. The molecule has 0 fully saturated rings. The first-order valence-electron chi connectivity index (χ1n) is 8.11. The maximum atomic E-state index is 6.04. The third kappa shape index (κ3) is 6.29. The second-order valence-electron chi connectivity index (χ2n) is 5.74. The van der Waals surface area contributed by atoms with Crippen molar-refractivity contribution in [3.8, 4) is 11.5 Å². The molecule has 0 amide bonds. The van der Waals surface area contributed by atoms with Crippen molar-refractivity contribution in [2.24, 2.45) is 5.41 Å². The molecule has 0 atom stereocenters. The Hall–Kier alpha value is -0.700. The molecule has 0 aliphatic carbocycles. The van der Waals surface area contributed by atoms with E-state index in [1.165, 1.54) is 25.7 Å². The number of ether oxygens (including phenoxy) is 2. The topological polar surface area (TPSA) is 18.5 Å². The molecule has 21 heavy (non-hydrogen) atoms. The van der Waals surface area contributed by atoms with Gasteiger partial charge in [0, 0.05) is 10.7 Å². The van der Waals surface area contributed by atoms with E-state index in [4.69, 9.17) is 9.47 Å². The van der Waals surface area contributed by atoms with Gasteiger partial charge < -0.3 is 9.47 Å². The van der Waals surface area contributed by atoms with Crippen LogP contribution in [-0.4, -0.2) is 18.5 Å². The van der Waals surface area contributed by atoms with Crippen LogP contribution in [0.4, 0.5) is 0 Å². The Kier molecular flexibility index (Phi) is 8.82. The lowest BCUT2D eigenvalue weighted by Crippen LogP contribution is -2.30. The molecule has 2 nitrogen and oxygen atoms in total. The fourth-order valence-electron chi connectivity index (χ4n) is 2.59. The van der Waals surface area contributed by atoms with Crippen LogP contribution in [0.15, 0.2) is 24.3 Å². The van der Waals surface area contributed by atoms with E-state index in [1.807, 2.05) is 24.3 Å². The molecule has 0 aliphatic heterocycles. The van der Waals surface area contributed by atoms with Crippen molar-refractivity contribution in [1.29, 1.82) is 0 Å². The molecule has 0 saturated heterocycles. The van der Waals surface area contributed by atoms with E-state index >= 15 is 0 Å². The standard InChI is InChI=1S/C18H29BrO2/c1-4-11-18(14-19,12-5-2)15-21-17-9-7-16(8-10-17)20-13-6-3/h7-10H,4-6,11-15H2,1-3H3. The molecule has 0 radical (unpaired) electrons. The van der Waals surface area contributed by atoms with Crippen LogP contribution in [0.5, 0.6) is 11.5 Å². The van der Waals surface area contributed by atoms with Crippen molar-refractivity contribution in [2.45, 2.75) is 52.9 Å². The molecule has 0 saturated carbocycles. The molecular formula is C18H29BrO2. The molecule has 0 heterocycles. The van der Waals surface area contributed by atoms with Crippen LogP contribution in [0.25, 0.3) is 0 Å². The quantitative estimate of drug-likeness (QED) is 0.464. The maximum absolute atomic E-state index is 6.04. The third-order valence-corrected chi connectivity index (χ3v) is 4.88. The van der Waals surface area contributed by atoms with Crippen molar-refractivity contribution in [1.82, 2.24) is 0 Å². The van der Waals surface area contributed by atoms with Gasteiger partial charge >= 0.3 is 0 Å². The summed E-state index contributed by atoms with van der Waals surface area (Å²) in [5, 5.41) is 0.999. The summed E-state index contributed by atoms with van der Waals surface area (Å²) in [4.78, 5) is 0. The average Bonchev–Trinajstić information content (AvgIpc) is 2.52. The molecule has 0 aromatic heterocycles. The highest BCUT2D eigenvalue weighted by Gasteiger charge is 2.28. The van der Waals surface area contributed by atoms with Crippen molar-refractivity contribution in [3.05, 3.63) is 24.3 Å². The summed E-state index contributed by atoms with van der Waals surface area (Å²) in [7, 11) is 0. The van der Waals surface area contributed by atoms with Crippen molar-refractivity contribution < 1.29 is 9.47 Å². The first kappa shape index (κ1) is 18.3. The van der Waals surface area contributed by atoms with Gasteiger partial charge in [-0.3, -0.25) is 0 Å². The van der Waals surface area contributed by atoms with Crippen molar-refractivity contribution >= 4 is 15.9 Å². The fraction of sp³-hybridized carbons (Fsp3) is 0.667. The predicted molar refractivity (Wildman–Crippen MR) is 93.8 cm³/mol. The molecule has 0 spiro atoms. The van der Waals surface area contributed by atoms with E-state index in [1.54, 1.807) is 0 Å². The minimum Gasteiger partial charge on any atom is -0.494 e. The number of benzene rings is 1. The van der Waals surface area contributed by atoms with Gasteiger partial charge in [0.25, 0.3) is 0 Å². The SMILES string of the molecule is CCCOc1ccc(OCC(CBr)(CCC)CCC)cc1. The van der Waals surface area contributed by atoms with E-state index in [0.717, 1.165) is 36.5 Å². The summed E-state index contributed by atoms with van der Waals surface area (Å²) in [5.41, 5.74) is 0.251. The number of halogens is 1. The number of alkyl halides is 1. The van der Waals surface area contributed by atoms with Gasteiger partial charge in [-0.05, 0) is 43.5 Å². The van der Waals surface area contributed by atoms with Gasteiger partial charge in [-0.25, -0.2) is 0 Å². The molecule has 120 valence electrons. The lowest BCUT2D eigenvalue weighted by atomic mass is 9.82. The van der Waals surface area contributed by atoms with E-state index < -0.39 is 0 Å². The molecule has 1 rings (SSSR count). The number of hydrogen-bond donors (Lipinski definition) is 0. The summed E-state index contributed by atoms with van der Waals surface area (Å²) >= 11 is 3.69. The highest BCUT2D eigenvalue weighted by atomic mass is 79.9. The van der Waals surface area contributed by atoms with Crippen LogP contribution >= 0.6 is 15.9 Å². The van der Waals surface area contributed by atoms with Crippen LogP contribution in [0.2, 0.25) is 0 Å². The summed E-state index contributed by atoms with van der Waals surface area (Å²) in [6, 6.07) is 7.98.